The van der Waals surface area contributed by atoms with E-state index >= 15 is 0 Å². The molecule has 1 aliphatic rings. The van der Waals surface area contributed by atoms with Crippen LogP contribution in [0.4, 0.5) is 10.5 Å². The highest BCUT2D eigenvalue weighted by atomic mass is 16.6. The van der Waals surface area contributed by atoms with Crippen molar-refractivity contribution >= 4 is 17.7 Å². The maximum absolute atomic E-state index is 13.0. The van der Waals surface area contributed by atoms with Crippen LogP contribution in [0.1, 0.15) is 43.4 Å². The van der Waals surface area contributed by atoms with Crippen molar-refractivity contribution in [2.45, 2.75) is 39.2 Å². The van der Waals surface area contributed by atoms with Gasteiger partial charge >= 0.3 is 6.09 Å². The Hall–Kier alpha value is -2.62. The lowest BCUT2D eigenvalue weighted by molar-refractivity contribution is -0.118. The van der Waals surface area contributed by atoms with Crippen molar-refractivity contribution in [2.24, 2.45) is 0 Å². The summed E-state index contributed by atoms with van der Waals surface area (Å²) in [6.45, 7) is 7.36. The van der Waals surface area contributed by atoms with Crippen LogP contribution in [0.3, 0.4) is 0 Å². The molecule has 1 atom stereocenters. The molecule has 0 fully saturated rings. The summed E-state index contributed by atoms with van der Waals surface area (Å²) in [5.74, 6) is -0.747. The Morgan fingerprint density at radius 2 is 1.67 bits per heavy atom. The average Bonchev–Trinajstić information content (AvgIpc) is 2.78. The maximum Gasteiger partial charge on any atom is 0.421 e. The van der Waals surface area contributed by atoms with Crippen LogP contribution in [0.2, 0.25) is 0 Å². The van der Waals surface area contributed by atoms with Gasteiger partial charge in [-0.05, 0) is 44.9 Å². The lowest BCUT2D eigenvalue weighted by atomic mass is 9.92. The molecule has 0 unspecified atom stereocenters. The topological polar surface area (TPSA) is 46.6 Å². The number of fused-ring (bicyclic) bond motifs is 1. The molecule has 3 rings (SSSR count). The number of aryl methyl sites for hydroxylation is 1. The molecule has 4 heteroatoms. The fourth-order valence-electron chi connectivity index (χ4n) is 2.89. The molecule has 24 heavy (non-hydrogen) atoms. The lowest BCUT2D eigenvalue weighted by Gasteiger charge is -2.24. The first-order valence-electron chi connectivity index (χ1n) is 8.00. The van der Waals surface area contributed by atoms with Crippen molar-refractivity contribution in [3.8, 4) is 0 Å². The second-order valence-electron chi connectivity index (χ2n) is 7.06. The summed E-state index contributed by atoms with van der Waals surface area (Å²) < 4.78 is 5.42. The Kier molecular flexibility index (Phi) is 3.91. The van der Waals surface area contributed by atoms with E-state index in [9.17, 15) is 9.59 Å². The van der Waals surface area contributed by atoms with Crippen molar-refractivity contribution in [1.82, 2.24) is 0 Å². The van der Waals surface area contributed by atoms with Crippen LogP contribution in [-0.2, 0) is 9.53 Å². The third-order valence-corrected chi connectivity index (χ3v) is 3.94. The number of nitrogens with zero attached hydrogens (tertiary/aromatic N) is 1. The first kappa shape index (κ1) is 16.2. The molecule has 2 aromatic rings. The minimum Gasteiger partial charge on any atom is -0.443 e. The Balaban J connectivity index is 2.04. The number of hydrogen-bond acceptors (Lipinski definition) is 3. The fourth-order valence-corrected chi connectivity index (χ4v) is 2.89. The Morgan fingerprint density at radius 1 is 1.04 bits per heavy atom. The Morgan fingerprint density at radius 3 is 2.29 bits per heavy atom. The van der Waals surface area contributed by atoms with Gasteiger partial charge in [0.25, 0.3) is 0 Å². The van der Waals surface area contributed by atoms with Gasteiger partial charge in [0.2, 0.25) is 5.91 Å². The van der Waals surface area contributed by atoms with Gasteiger partial charge in [-0.3, -0.25) is 4.79 Å². The second kappa shape index (κ2) is 5.78. The number of carbonyl (C=O) groups excluding carboxylic acids is 2. The molecular formula is C20H21NO3. The summed E-state index contributed by atoms with van der Waals surface area (Å²) in [5, 5.41) is 0. The molecule has 0 spiro atoms. The van der Waals surface area contributed by atoms with Gasteiger partial charge in [-0.1, -0.05) is 48.0 Å². The highest BCUT2D eigenvalue weighted by molar-refractivity contribution is 6.20. The summed E-state index contributed by atoms with van der Waals surface area (Å²) >= 11 is 0. The molecule has 0 aliphatic carbocycles. The minimum absolute atomic E-state index is 0.269. The number of amides is 2. The summed E-state index contributed by atoms with van der Waals surface area (Å²) in [6, 6.07) is 15.2. The molecule has 0 aromatic heterocycles. The number of anilines is 1. The van der Waals surface area contributed by atoms with Crippen molar-refractivity contribution in [2.75, 3.05) is 4.90 Å². The monoisotopic (exact) mass is 323 g/mol. The molecule has 0 saturated carbocycles. The van der Waals surface area contributed by atoms with Crippen LogP contribution >= 0.6 is 0 Å². The molecule has 0 bridgehead atoms. The molecule has 0 N–H and O–H groups in total. The van der Waals surface area contributed by atoms with Crippen LogP contribution in [0.15, 0.2) is 48.5 Å². The van der Waals surface area contributed by atoms with E-state index in [1.54, 1.807) is 26.8 Å². The van der Waals surface area contributed by atoms with Crippen LogP contribution in [0.25, 0.3) is 0 Å². The van der Waals surface area contributed by atoms with Crippen LogP contribution in [0, 0.1) is 6.92 Å². The van der Waals surface area contributed by atoms with Crippen molar-refractivity contribution in [1.29, 1.82) is 0 Å². The van der Waals surface area contributed by atoms with E-state index in [1.807, 2.05) is 49.4 Å². The molecule has 4 nitrogen and oxygen atoms in total. The number of carbonyl (C=O) groups is 2. The number of para-hydroxylation sites is 1. The van der Waals surface area contributed by atoms with E-state index in [0.29, 0.717) is 5.69 Å². The molecule has 0 radical (unpaired) electrons. The van der Waals surface area contributed by atoms with Gasteiger partial charge in [-0.15, -0.1) is 0 Å². The molecule has 1 heterocycles. The quantitative estimate of drug-likeness (QED) is 0.781. The smallest absolute Gasteiger partial charge is 0.421 e. The van der Waals surface area contributed by atoms with Gasteiger partial charge in [-0.2, -0.15) is 0 Å². The normalized spacial score (nSPS) is 16.9. The highest BCUT2D eigenvalue weighted by Gasteiger charge is 2.43. The summed E-state index contributed by atoms with van der Waals surface area (Å²) in [5.41, 5.74) is 2.78. The molecule has 2 amide bonds. The maximum atomic E-state index is 13.0. The highest BCUT2D eigenvalue weighted by Crippen LogP contribution is 2.41. The Labute approximate surface area is 142 Å². The molecule has 124 valence electrons. The molecule has 1 aliphatic heterocycles. The van der Waals surface area contributed by atoms with Gasteiger partial charge in [0, 0.05) is 0 Å². The van der Waals surface area contributed by atoms with Crippen molar-refractivity contribution < 1.29 is 14.3 Å². The van der Waals surface area contributed by atoms with Gasteiger partial charge in [-0.25, -0.2) is 9.69 Å². The number of hydrogen-bond donors (Lipinski definition) is 0. The van der Waals surface area contributed by atoms with Crippen molar-refractivity contribution in [3.05, 3.63) is 65.2 Å². The summed E-state index contributed by atoms with van der Waals surface area (Å²) in [7, 11) is 0. The standard InChI is InChI=1S/C20H21NO3/c1-13-9-11-14(12-10-13)17-15-7-5-6-8-16(15)21(18(17)22)19(23)24-20(2,3)4/h5-12,17H,1-4H3/t17-/m1/s1. The first-order valence-corrected chi connectivity index (χ1v) is 8.00. The SMILES string of the molecule is Cc1ccc([C@H]2C(=O)N(C(=O)OC(C)(C)C)c3ccccc32)cc1. The van der Waals surface area contributed by atoms with E-state index in [0.717, 1.165) is 21.6 Å². The van der Waals surface area contributed by atoms with Gasteiger partial charge in [0.15, 0.2) is 0 Å². The van der Waals surface area contributed by atoms with Crippen molar-refractivity contribution in [3.63, 3.8) is 0 Å². The number of benzene rings is 2. The second-order valence-corrected chi connectivity index (χ2v) is 7.06. The predicted octanol–water partition coefficient (Wildman–Crippen LogP) is 4.41. The summed E-state index contributed by atoms with van der Waals surface area (Å²) in [4.78, 5) is 26.7. The van der Waals surface area contributed by atoms with Crippen LogP contribution in [-0.4, -0.2) is 17.6 Å². The zero-order chi connectivity index (χ0) is 17.5. The first-order chi connectivity index (χ1) is 11.3. The van der Waals surface area contributed by atoms with Gasteiger partial charge in [0.05, 0.1) is 11.6 Å². The third kappa shape index (κ3) is 2.92. The van der Waals surface area contributed by atoms with E-state index in [-0.39, 0.29) is 5.91 Å². The van der Waals surface area contributed by atoms with E-state index < -0.39 is 17.6 Å². The lowest BCUT2D eigenvalue weighted by Crippen LogP contribution is -2.39. The fraction of sp³-hybridized carbons (Fsp3) is 0.300. The number of ether oxygens (including phenoxy) is 1. The number of imide groups is 1. The third-order valence-electron chi connectivity index (χ3n) is 3.94. The van der Waals surface area contributed by atoms with Gasteiger partial charge in [0.1, 0.15) is 5.60 Å². The minimum atomic E-state index is -0.658. The zero-order valence-corrected chi connectivity index (χ0v) is 14.4. The van der Waals surface area contributed by atoms with E-state index in [2.05, 4.69) is 0 Å². The Bertz CT molecular complexity index is 787. The average molecular weight is 323 g/mol. The largest absolute Gasteiger partial charge is 0.443 e. The summed E-state index contributed by atoms with van der Waals surface area (Å²) in [6.07, 6.45) is -0.630. The number of rotatable bonds is 1. The van der Waals surface area contributed by atoms with Crippen LogP contribution in [0.5, 0.6) is 0 Å². The zero-order valence-electron chi connectivity index (χ0n) is 14.4. The van der Waals surface area contributed by atoms with E-state index in [4.69, 9.17) is 4.74 Å². The molecular weight excluding hydrogens is 302 g/mol. The molecule has 2 aromatic carbocycles. The van der Waals surface area contributed by atoms with E-state index in [1.165, 1.54) is 0 Å². The van der Waals surface area contributed by atoms with Crippen LogP contribution < -0.4 is 4.90 Å². The van der Waals surface area contributed by atoms with Gasteiger partial charge < -0.3 is 4.74 Å². The molecule has 0 saturated heterocycles. The predicted molar refractivity (Wildman–Crippen MR) is 93.2 cm³/mol.